The molecular formula is C15H18N4O3. The average molecular weight is 302 g/mol. The van der Waals surface area contributed by atoms with Crippen molar-refractivity contribution in [2.45, 2.75) is 6.92 Å². The van der Waals surface area contributed by atoms with Crippen LogP contribution in [-0.4, -0.2) is 45.8 Å². The highest BCUT2D eigenvalue weighted by atomic mass is 16.4. The van der Waals surface area contributed by atoms with E-state index in [4.69, 9.17) is 5.11 Å². The molecule has 7 heteroatoms. The van der Waals surface area contributed by atoms with Crippen LogP contribution in [0.3, 0.4) is 0 Å². The van der Waals surface area contributed by atoms with Gasteiger partial charge in [0.2, 0.25) is 0 Å². The van der Waals surface area contributed by atoms with Crippen molar-refractivity contribution in [1.29, 1.82) is 0 Å². The van der Waals surface area contributed by atoms with Gasteiger partial charge in [0.15, 0.2) is 0 Å². The summed E-state index contributed by atoms with van der Waals surface area (Å²) in [5.41, 5.74) is 2.38. The Kier molecular flexibility index (Phi) is 4.77. The number of nitrogens with zero attached hydrogens (tertiary/aromatic N) is 2. The molecule has 116 valence electrons. The summed E-state index contributed by atoms with van der Waals surface area (Å²) in [7, 11) is 1.56. The molecule has 2 rings (SSSR count). The molecule has 1 atom stereocenters. The SMILES string of the molecule is CC(CN(C)C(=O)Nc1cccc(-c2ccn[nH]2)c1)C(=O)O. The van der Waals surface area contributed by atoms with E-state index in [9.17, 15) is 9.59 Å². The van der Waals surface area contributed by atoms with Crippen molar-refractivity contribution in [3.05, 3.63) is 36.5 Å². The molecule has 7 nitrogen and oxygen atoms in total. The number of nitrogens with one attached hydrogen (secondary N) is 2. The van der Waals surface area contributed by atoms with E-state index in [1.54, 1.807) is 26.2 Å². The fraction of sp³-hybridized carbons (Fsp3) is 0.267. The molecule has 2 aromatic rings. The number of carboxylic acid groups (broad SMARTS) is 1. The van der Waals surface area contributed by atoms with Gasteiger partial charge in [0.05, 0.1) is 11.6 Å². The number of benzene rings is 1. The number of hydrogen-bond donors (Lipinski definition) is 3. The Morgan fingerprint density at radius 2 is 2.18 bits per heavy atom. The fourth-order valence-electron chi connectivity index (χ4n) is 1.97. The highest BCUT2D eigenvalue weighted by molar-refractivity contribution is 5.90. The maximum atomic E-state index is 12.1. The number of anilines is 1. The standard InChI is InChI=1S/C15H18N4O3/c1-10(14(20)21)9-19(2)15(22)17-12-5-3-4-11(8-12)13-6-7-16-18-13/h3-8,10H,9H2,1-2H3,(H,16,18)(H,17,22)(H,20,21). The Hall–Kier alpha value is -2.83. The van der Waals surface area contributed by atoms with E-state index >= 15 is 0 Å². The molecule has 0 fully saturated rings. The summed E-state index contributed by atoms with van der Waals surface area (Å²) in [4.78, 5) is 24.2. The topological polar surface area (TPSA) is 98.3 Å². The number of carbonyl (C=O) groups excluding carboxylic acids is 1. The third-order valence-corrected chi connectivity index (χ3v) is 3.24. The lowest BCUT2D eigenvalue weighted by Crippen LogP contribution is -2.36. The van der Waals surface area contributed by atoms with Crippen molar-refractivity contribution in [2.24, 2.45) is 5.92 Å². The molecule has 0 radical (unpaired) electrons. The minimum absolute atomic E-state index is 0.140. The number of H-pyrrole nitrogens is 1. The second-order valence-electron chi connectivity index (χ2n) is 5.10. The maximum absolute atomic E-state index is 12.1. The van der Waals surface area contributed by atoms with Gasteiger partial charge in [0, 0.05) is 31.0 Å². The number of hydrogen-bond acceptors (Lipinski definition) is 3. The number of carbonyl (C=O) groups is 2. The monoisotopic (exact) mass is 302 g/mol. The lowest BCUT2D eigenvalue weighted by Gasteiger charge is -2.20. The van der Waals surface area contributed by atoms with Crippen LogP contribution in [0.25, 0.3) is 11.3 Å². The second kappa shape index (κ2) is 6.75. The van der Waals surface area contributed by atoms with Crippen LogP contribution in [0.1, 0.15) is 6.92 Å². The summed E-state index contributed by atoms with van der Waals surface area (Å²) in [5, 5.41) is 18.4. The smallest absolute Gasteiger partial charge is 0.321 e. The molecule has 0 aliphatic heterocycles. The Bertz CT molecular complexity index is 655. The first-order valence-corrected chi connectivity index (χ1v) is 6.82. The van der Waals surface area contributed by atoms with Crippen molar-refractivity contribution in [3.63, 3.8) is 0 Å². The minimum Gasteiger partial charge on any atom is -0.481 e. The summed E-state index contributed by atoms with van der Waals surface area (Å²) in [6.45, 7) is 1.70. The number of amides is 2. The van der Waals surface area contributed by atoms with Crippen molar-refractivity contribution < 1.29 is 14.7 Å². The van der Waals surface area contributed by atoms with Gasteiger partial charge in [-0.1, -0.05) is 19.1 Å². The highest BCUT2D eigenvalue weighted by Crippen LogP contribution is 2.20. The third-order valence-electron chi connectivity index (χ3n) is 3.24. The molecule has 1 unspecified atom stereocenters. The van der Waals surface area contributed by atoms with E-state index < -0.39 is 11.9 Å². The summed E-state index contributed by atoms with van der Waals surface area (Å²) in [6.07, 6.45) is 1.65. The van der Waals surface area contributed by atoms with Crippen molar-refractivity contribution in [2.75, 3.05) is 18.9 Å². The van der Waals surface area contributed by atoms with Crippen LogP contribution in [0, 0.1) is 5.92 Å². The largest absolute Gasteiger partial charge is 0.481 e. The second-order valence-corrected chi connectivity index (χ2v) is 5.10. The number of aromatic nitrogens is 2. The zero-order valence-corrected chi connectivity index (χ0v) is 12.4. The Labute approximate surface area is 128 Å². The molecule has 3 N–H and O–H groups in total. The van der Waals surface area contributed by atoms with Gasteiger partial charge in [0.25, 0.3) is 0 Å². The first-order valence-electron chi connectivity index (χ1n) is 6.82. The summed E-state index contributed by atoms with van der Waals surface area (Å²) < 4.78 is 0. The minimum atomic E-state index is -0.930. The number of carboxylic acids is 1. The molecule has 1 aromatic heterocycles. The van der Waals surface area contributed by atoms with E-state index in [1.807, 2.05) is 24.3 Å². The first-order chi connectivity index (χ1) is 10.5. The van der Waals surface area contributed by atoms with E-state index in [0.717, 1.165) is 11.3 Å². The van der Waals surface area contributed by atoms with Gasteiger partial charge < -0.3 is 15.3 Å². The average Bonchev–Trinajstić information content (AvgIpc) is 3.01. The molecule has 0 spiro atoms. The molecule has 2 amide bonds. The summed E-state index contributed by atoms with van der Waals surface area (Å²) in [5.74, 6) is -1.55. The van der Waals surface area contributed by atoms with Crippen LogP contribution in [0.2, 0.25) is 0 Å². The Morgan fingerprint density at radius 1 is 1.41 bits per heavy atom. The predicted molar refractivity (Wildman–Crippen MR) is 82.5 cm³/mol. The molecule has 0 saturated heterocycles. The summed E-state index contributed by atoms with van der Waals surface area (Å²) >= 11 is 0. The molecule has 0 aliphatic rings. The van der Waals surface area contributed by atoms with E-state index in [0.29, 0.717) is 5.69 Å². The van der Waals surface area contributed by atoms with Crippen molar-refractivity contribution in [3.8, 4) is 11.3 Å². The van der Waals surface area contributed by atoms with E-state index in [-0.39, 0.29) is 12.6 Å². The maximum Gasteiger partial charge on any atom is 0.321 e. The van der Waals surface area contributed by atoms with Crippen LogP contribution in [0.15, 0.2) is 36.5 Å². The van der Waals surface area contributed by atoms with Gasteiger partial charge in [-0.2, -0.15) is 5.10 Å². The van der Waals surface area contributed by atoms with Gasteiger partial charge in [0.1, 0.15) is 0 Å². The van der Waals surface area contributed by atoms with Crippen LogP contribution >= 0.6 is 0 Å². The zero-order chi connectivity index (χ0) is 16.1. The first kappa shape index (κ1) is 15.6. The van der Waals surface area contributed by atoms with Crippen LogP contribution in [-0.2, 0) is 4.79 Å². The molecule has 22 heavy (non-hydrogen) atoms. The highest BCUT2D eigenvalue weighted by Gasteiger charge is 2.17. The van der Waals surface area contributed by atoms with Gasteiger partial charge >= 0.3 is 12.0 Å². The molecule has 0 bridgehead atoms. The zero-order valence-electron chi connectivity index (χ0n) is 12.4. The summed E-state index contributed by atoms with van der Waals surface area (Å²) in [6, 6.07) is 8.80. The number of rotatable bonds is 5. The Balaban J connectivity index is 2.03. The van der Waals surface area contributed by atoms with Crippen LogP contribution in [0.4, 0.5) is 10.5 Å². The molecular weight excluding hydrogens is 284 g/mol. The number of urea groups is 1. The molecule has 0 aliphatic carbocycles. The normalized spacial score (nSPS) is 11.7. The fourth-order valence-corrected chi connectivity index (χ4v) is 1.97. The van der Waals surface area contributed by atoms with E-state index in [2.05, 4.69) is 15.5 Å². The number of aliphatic carboxylic acids is 1. The quantitative estimate of drug-likeness (QED) is 0.789. The third kappa shape index (κ3) is 3.85. The molecule has 0 saturated carbocycles. The predicted octanol–water partition coefficient (Wildman–Crippen LogP) is 2.26. The van der Waals surface area contributed by atoms with Crippen molar-refractivity contribution >= 4 is 17.7 Å². The van der Waals surface area contributed by atoms with E-state index in [1.165, 1.54) is 4.90 Å². The van der Waals surface area contributed by atoms with Gasteiger partial charge in [-0.05, 0) is 18.2 Å². The van der Waals surface area contributed by atoms with Gasteiger partial charge in [-0.15, -0.1) is 0 Å². The molecule has 1 heterocycles. The molecule has 1 aromatic carbocycles. The number of aromatic amines is 1. The van der Waals surface area contributed by atoms with Crippen LogP contribution < -0.4 is 5.32 Å². The van der Waals surface area contributed by atoms with Crippen molar-refractivity contribution in [1.82, 2.24) is 15.1 Å². The lowest BCUT2D eigenvalue weighted by atomic mass is 10.1. The van der Waals surface area contributed by atoms with Gasteiger partial charge in [-0.3, -0.25) is 9.89 Å². The Morgan fingerprint density at radius 3 is 2.82 bits per heavy atom. The van der Waals surface area contributed by atoms with Gasteiger partial charge in [-0.25, -0.2) is 4.79 Å². The van der Waals surface area contributed by atoms with Crippen LogP contribution in [0.5, 0.6) is 0 Å². The lowest BCUT2D eigenvalue weighted by molar-refractivity contribution is -0.141.